The fourth-order valence-corrected chi connectivity index (χ4v) is 3.28. The molecule has 0 saturated carbocycles. The van der Waals surface area contributed by atoms with Crippen LogP contribution in [0.4, 0.5) is 11.4 Å². The fraction of sp³-hybridized carbons (Fsp3) is 0.263. The molecule has 0 spiro atoms. The lowest BCUT2D eigenvalue weighted by Gasteiger charge is -2.17. The Hall–Kier alpha value is -2.97. The monoisotopic (exact) mass is 401 g/mol. The largest absolute Gasteiger partial charge is 0.366 e. The number of hydrogen-bond acceptors (Lipinski definition) is 7. The maximum atomic E-state index is 11.6. The average molecular weight is 402 g/mol. The lowest BCUT2D eigenvalue weighted by molar-refractivity contribution is -0.384. The summed E-state index contributed by atoms with van der Waals surface area (Å²) in [6.45, 7) is 2.14. The molecule has 0 bridgehead atoms. The maximum absolute atomic E-state index is 11.6. The second-order valence-electron chi connectivity index (χ2n) is 6.48. The van der Waals surface area contributed by atoms with E-state index < -0.39 is 0 Å². The van der Waals surface area contributed by atoms with Crippen molar-refractivity contribution in [1.29, 1.82) is 0 Å². The van der Waals surface area contributed by atoms with Crippen molar-refractivity contribution in [2.45, 2.75) is 19.4 Å². The summed E-state index contributed by atoms with van der Waals surface area (Å²) < 4.78 is 5.34. The van der Waals surface area contributed by atoms with Gasteiger partial charge in [0.1, 0.15) is 5.69 Å². The van der Waals surface area contributed by atoms with Gasteiger partial charge in [0.15, 0.2) is 0 Å². The number of anilines is 1. The molecule has 1 saturated heterocycles. The van der Waals surface area contributed by atoms with E-state index in [0.717, 1.165) is 37.1 Å². The molecule has 9 heteroatoms. The Morgan fingerprint density at radius 2 is 1.79 bits per heavy atom. The van der Waals surface area contributed by atoms with Gasteiger partial charge in [-0.3, -0.25) is 10.1 Å². The van der Waals surface area contributed by atoms with Gasteiger partial charge < -0.3 is 15.2 Å². The molecule has 2 N–H and O–H groups in total. The van der Waals surface area contributed by atoms with Gasteiger partial charge in [0, 0.05) is 36.8 Å². The van der Waals surface area contributed by atoms with Gasteiger partial charge >= 0.3 is 0 Å². The average Bonchev–Trinajstić information content (AvgIpc) is 3.40. The molecule has 2 aromatic carbocycles. The van der Waals surface area contributed by atoms with Crippen LogP contribution in [0.15, 0.2) is 47.0 Å². The normalized spacial score (nSPS) is 13.4. The SMILES string of the molecule is Cl.NCc1ccc(-c2noc(-c3ccc(N4CCCC4)c([N+](=O)[O-])c3)n2)cc1. The molecule has 8 nitrogen and oxygen atoms in total. The molecule has 146 valence electrons. The van der Waals surface area contributed by atoms with E-state index in [2.05, 4.69) is 10.1 Å². The number of aromatic nitrogens is 2. The van der Waals surface area contributed by atoms with Gasteiger partial charge in [0.05, 0.1) is 4.92 Å². The van der Waals surface area contributed by atoms with Crippen LogP contribution in [0.2, 0.25) is 0 Å². The molecular formula is C19H20ClN5O3. The Balaban J connectivity index is 0.00000225. The molecule has 0 aliphatic carbocycles. The van der Waals surface area contributed by atoms with Crippen LogP contribution < -0.4 is 10.6 Å². The van der Waals surface area contributed by atoms with E-state index in [1.165, 1.54) is 6.07 Å². The molecule has 4 rings (SSSR count). The first kappa shape index (κ1) is 19.8. The molecule has 0 unspecified atom stereocenters. The number of nitro benzene ring substituents is 1. The zero-order chi connectivity index (χ0) is 18.8. The highest BCUT2D eigenvalue weighted by molar-refractivity contribution is 5.85. The number of hydrogen-bond donors (Lipinski definition) is 1. The predicted octanol–water partition coefficient (Wildman–Crippen LogP) is 3.79. The highest BCUT2D eigenvalue weighted by Gasteiger charge is 2.24. The Labute approximate surface area is 167 Å². The molecule has 28 heavy (non-hydrogen) atoms. The molecule has 1 aromatic heterocycles. The smallest absolute Gasteiger partial charge is 0.293 e. The number of nitro groups is 1. The van der Waals surface area contributed by atoms with Gasteiger partial charge in [0.25, 0.3) is 11.6 Å². The van der Waals surface area contributed by atoms with Crippen LogP contribution >= 0.6 is 12.4 Å². The van der Waals surface area contributed by atoms with E-state index in [1.807, 2.05) is 29.2 Å². The predicted molar refractivity (Wildman–Crippen MR) is 108 cm³/mol. The van der Waals surface area contributed by atoms with E-state index in [-0.39, 0.29) is 28.9 Å². The summed E-state index contributed by atoms with van der Waals surface area (Å²) in [4.78, 5) is 17.6. The first-order valence-corrected chi connectivity index (χ1v) is 8.82. The summed E-state index contributed by atoms with van der Waals surface area (Å²) >= 11 is 0. The molecular weight excluding hydrogens is 382 g/mol. The van der Waals surface area contributed by atoms with Crippen molar-refractivity contribution in [3.63, 3.8) is 0 Å². The third kappa shape index (κ3) is 3.83. The maximum Gasteiger partial charge on any atom is 0.293 e. The van der Waals surface area contributed by atoms with E-state index in [0.29, 0.717) is 23.6 Å². The minimum atomic E-state index is -0.361. The van der Waals surface area contributed by atoms with Crippen LogP contribution in [0.25, 0.3) is 22.8 Å². The van der Waals surface area contributed by atoms with Gasteiger partial charge in [-0.2, -0.15) is 4.98 Å². The van der Waals surface area contributed by atoms with Gasteiger partial charge in [-0.25, -0.2) is 0 Å². The number of halogens is 1. The van der Waals surface area contributed by atoms with Crippen molar-refractivity contribution in [3.8, 4) is 22.8 Å². The number of nitrogens with two attached hydrogens (primary N) is 1. The van der Waals surface area contributed by atoms with Crippen molar-refractivity contribution in [3.05, 3.63) is 58.1 Å². The van der Waals surface area contributed by atoms with E-state index >= 15 is 0 Å². The van der Waals surface area contributed by atoms with Gasteiger partial charge in [-0.15, -0.1) is 12.4 Å². The van der Waals surface area contributed by atoms with Crippen LogP contribution in [0.3, 0.4) is 0 Å². The molecule has 0 amide bonds. The Kier molecular flexibility index (Phi) is 5.91. The second kappa shape index (κ2) is 8.37. The molecule has 2 heterocycles. The van der Waals surface area contributed by atoms with Gasteiger partial charge in [0.2, 0.25) is 5.82 Å². The van der Waals surface area contributed by atoms with Crippen molar-refractivity contribution in [2.75, 3.05) is 18.0 Å². The van der Waals surface area contributed by atoms with Crippen LogP contribution in [0, 0.1) is 10.1 Å². The topological polar surface area (TPSA) is 111 Å². The lowest BCUT2D eigenvalue weighted by Crippen LogP contribution is -2.18. The van der Waals surface area contributed by atoms with Crippen LogP contribution in [-0.2, 0) is 6.54 Å². The second-order valence-corrected chi connectivity index (χ2v) is 6.48. The number of benzene rings is 2. The third-order valence-electron chi connectivity index (χ3n) is 4.74. The van der Waals surface area contributed by atoms with Crippen molar-refractivity contribution >= 4 is 23.8 Å². The first-order chi connectivity index (χ1) is 13.2. The van der Waals surface area contributed by atoms with Crippen molar-refractivity contribution in [1.82, 2.24) is 10.1 Å². The van der Waals surface area contributed by atoms with Crippen molar-refractivity contribution in [2.24, 2.45) is 5.73 Å². The number of nitrogens with zero attached hydrogens (tertiary/aromatic N) is 4. The summed E-state index contributed by atoms with van der Waals surface area (Å²) in [5.41, 5.74) is 8.64. The minimum absolute atomic E-state index is 0. The molecule has 0 radical (unpaired) electrons. The zero-order valence-corrected chi connectivity index (χ0v) is 15.9. The fourth-order valence-electron chi connectivity index (χ4n) is 3.28. The summed E-state index contributed by atoms with van der Waals surface area (Å²) in [5, 5.41) is 15.5. The summed E-state index contributed by atoms with van der Waals surface area (Å²) in [7, 11) is 0. The van der Waals surface area contributed by atoms with Crippen molar-refractivity contribution < 1.29 is 9.45 Å². The molecule has 1 aliphatic heterocycles. The van der Waals surface area contributed by atoms with Gasteiger partial charge in [-0.1, -0.05) is 29.4 Å². The summed E-state index contributed by atoms with van der Waals surface area (Å²) in [6.07, 6.45) is 2.10. The zero-order valence-electron chi connectivity index (χ0n) is 15.1. The minimum Gasteiger partial charge on any atom is -0.366 e. The summed E-state index contributed by atoms with van der Waals surface area (Å²) in [5.74, 6) is 0.684. The molecule has 0 atom stereocenters. The number of rotatable bonds is 5. The standard InChI is InChI=1S/C19H19N5O3.ClH/c20-12-13-3-5-14(6-4-13)18-21-19(27-22-18)15-7-8-16(17(11-15)24(25)26)23-9-1-2-10-23;/h3-8,11H,1-2,9-10,12,20H2;1H. The molecule has 1 fully saturated rings. The Morgan fingerprint density at radius 3 is 2.43 bits per heavy atom. The van der Waals surface area contributed by atoms with Gasteiger partial charge in [-0.05, 0) is 30.5 Å². The first-order valence-electron chi connectivity index (χ1n) is 8.82. The Morgan fingerprint density at radius 1 is 1.11 bits per heavy atom. The van der Waals surface area contributed by atoms with Crippen LogP contribution in [-0.4, -0.2) is 28.2 Å². The quantitative estimate of drug-likeness (QED) is 0.511. The Bertz CT molecular complexity index is 968. The van der Waals surface area contributed by atoms with E-state index in [9.17, 15) is 10.1 Å². The highest BCUT2D eigenvalue weighted by atomic mass is 35.5. The summed E-state index contributed by atoms with van der Waals surface area (Å²) in [6, 6.07) is 12.6. The van der Waals surface area contributed by atoms with Crippen LogP contribution in [0.1, 0.15) is 18.4 Å². The molecule has 1 aliphatic rings. The van der Waals surface area contributed by atoms with E-state index in [1.54, 1.807) is 12.1 Å². The molecule has 3 aromatic rings. The van der Waals surface area contributed by atoms with Crippen LogP contribution in [0.5, 0.6) is 0 Å². The third-order valence-corrected chi connectivity index (χ3v) is 4.74. The van der Waals surface area contributed by atoms with E-state index in [4.69, 9.17) is 10.3 Å². The lowest BCUT2D eigenvalue weighted by atomic mass is 10.1. The highest BCUT2D eigenvalue weighted by Crippen LogP contribution is 2.34.